The van der Waals surface area contributed by atoms with Crippen LogP contribution in [0.25, 0.3) is 0 Å². The van der Waals surface area contributed by atoms with E-state index in [4.69, 9.17) is 4.74 Å². The van der Waals surface area contributed by atoms with Crippen molar-refractivity contribution < 1.29 is 9.53 Å². The lowest BCUT2D eigenvalue weighted by atomic mass is 9.91. The highest BCUT2D eigenvalue weighted by Crippen LogP contribution is 2.22. The van der Waals surface area contributed by atoms with Gasteiger partial charge in [0.1, 0.15) is 0 Å². The van der Waals surface area contributed by atoms with E-state index in [2.05, 4.69) is 24.2 Å². The maximum absolute atomic E-state index is 11.6. The summed E-state index contributed by atoms with van der Waals surface area (Å²) in [6.07, 6.45) is 2.55. The van der Waals surface area contributed by atoms with Crippen LogP contribution in [0.15, 0.2) is 24.3 Å². The summed E-state index contributed by atoms with van der Waals surface area (Å²) >= 11 is 0. The Morgan fingerprint density at radius 1 is 1.43 bits per heavy atom. The van der Waals surface area contributed by atoms with Gasteiger partial charge in [0.15, 0.2) is 0 Å². The molecule has 4 nitrogen and oxygen atoms in total. The van der Waals surface area contributed by atoms with Gasteiger partial charge in [0.2, 0.25) is 0 Å². The van der Waals surface area contributed by atoms with Gasteiger partial charge in [0.05, 0.1) is 12.2 Å². The number of anilines is 1. The fourth-order valence-electron chi connectivity index (χ4n) is 2.91. The molecule has 21 heavy (non-hydrogen) atoms. The molecule has 1 aromatic rings. The van der Waals surface area contributed by atoms with Crippen LogP contribution in [0.2, 0.25) is 0 Å². The minimum atomic E-state index is -0.258. The average molecular weight is 290 g/mol. The van der Waals surface area contributed by atoms with E-state index in [9.17, 15) is 4.79 Å². The van der Waals surface area contributed by atoms with E-state index in [1.165, 1.54) is 19.4 Å². The maximum atomic E-state index is 11.6. The molecule has 1 fully saturated rings. The molecule has 1 aliphatic rings. The van der Waals surface area contributed by atoms with E-state index in [0.29, 0.717) is 24.1 Å². The van der Waals surface area contributed by atoms with E-state index in [-0.39, 0.29) is 5.97 Å². The third kappa shape index (κ3) is 4.46. The topological polar surface area (TPSA) is 41.6 Å². The normalized spacial score (nSPS) is 20.8. The Labute approximate surface area is 127 Å². The summed E-state index contributed by atoms with van der Waals surface area (Å²) in [6, 6.07) is 7.98. The Balaban J connectivity index is 1.91. The summed E-state index contributed by atoms with van der Waals surface area (Å²) in [4.78, 5) is 14.0. The number of nitrogens with zero attached hydrogens (tertiary/aromatic N) is 1. The van der Waals surface area contributed by atoms with Gasteiger partial charge in [-0.3, -0.25) is 0 Å². The molecule has 0 saturated carbocycles. The van der Waals surface area contributed by atoms with Crippen molar-refractivity contribution in [1.82, 2.24) is 4.90 Å². The average Bonchev–Trinajstić information content (AvgIpc) is 2.48. The first-order chi connectivity index (χ1) is 10.1. The van der Waals surface area contributed by atoms with E-state index in [0.717, 1.165) is 12.2 Å². The summed E-state index contributed by atoms with van der Waals surface area (Å²) in [5.74, 6) is 0.416. The van der Waals surface area contributed by atoms with Gasteiger partial charge >= 0.3 is 5.97 Å². The highest BCUT2D eigenvalue weighted by molar-refractivity contribution is 5.89. The number of esters is 1. The Morgan fingerprint density at radius 2 is 2.14 bits per heavy atom. The highest BCUT2D eigenvalue weighted by atomic mass is 16.5. The molecule has 1 heterocycles. The lowest BCUT2D eigenvalue weighted by molar-refractivity contribution is 0.0526. The van der Waals surface area contributed by atoms with Crippen LogP contribution in [-0.2, 0) is 4.74 Å². The zero-order valence-electron chi connectivity index (χ0n) is 13.3. The van der Waals surface area contributed by atoms with Crippen molar-refractivity contribution in [2.75, 3.05) is 32.1 Å². The molecule has 116 valence electrons. The summed E-state index contributed by atoms with van der Waals surface area (Å²) in [5.41, 5.74) is 1.66. The molecule has 2 unspecified atom stereocenters. The van der Waals surface area contributed by atoms with Crippen molar-refractivity contribution in [3.63, 3.8) is 0 Å². The van der Waals surface area contributed by atoms with Crippen LogP contribution < -0.4 is 5.32 Å². The highest BCUT2D eigenvalue weighted by Gasteiger charge is 2.22. The van der Waals surface area contributed by atoms with Gasteiger partial charge in [-0.15, -0.1) is 0 Å². The molecular weight excluding hydrogens is 264 g/mol. The Kier molecular flexibility index (Phi) is 5.62. The van der Waals surface area contributed by atoms with Gasteiger partial charge in [0.25, 0.3) is 0 Å². The van der Waals surface area contributed by atoms with Crippen molar-refractivity contribution in [2.45, 2.75) is 32.7 Å². The van der Waals surface area contributed by atoms with Gasteiger partial charge in [-0.1, -0.05) is 0 Å². The molecule has 1 aromatic carbocycles. The van der Waals surface area contributed by atoms with E-state index in [1.807, 2.05) is 31.2 Å². The summed E-state index contributed by atoms with van der Waals surface area (Å²) in [5, 5.41) is 3.55. The summed E-state index contributed by atoms with van der Waals surface area (Å²) in [6.45, 7) is 6.82. The number of likely N-dealkylation sites (tertiary alicyclic amines) is 1. The predicted octanol–water partition coefficient (Wildman–Crippen LogP) is 3.01. The smallest absolute Gasteiger partial charge is 0.338 e. The molecule has 1 aliphatic heterocycles. The van der Waals surface area contributed by atoms with Gasteiger partial charge in [-0.05, 0) is 70.5 Å². The summed E-state index contributed by atoms with van der Waals surface area (Å²) in [7, 11) is 2.19. The molecule has 4 heteroatoms. The van der Waals surface area contributed by atoms with Crippen LogP contribution >= 0.6 is 0 Å². The molecular formula is C17H26N2O2. The lowest BCUT2D eigenvalue weighted by Gasteiger charge is -2.34. The number of ether oxygens (including phenoxy) is 1. The van der Waals surface area contributed by atoms with Crippen LogP contribution in [0.1, 0.15) is 37.0 Å². The van der Waals surface area contributed by atoms with Crippen LogP contribution in [0, 0.1) is 5.92 Å². The first-order valence-corrected chi connectivity index (χ1v) is 7.82. The molecule has 0 radical (unpaired) electrons. The van der Waals surface area contributed by atoms with Gasteiger partial charge in [-0.25, -0.2) is 4.79 Å². The van der Waals surface area contributed by atoms with E-state index < -0.39 is 0 Å². The molecule has 0 amide bonds. The number of piperidine rings is 1. The van der Waals surface area contributed by atoms with Crippen molar-refractivity contribution in [1.29, 1.82) is 0 Å². The van der Waals surface area contributed by atoms with Crippen molar-refractivity contribution in [3.05, 3.63) is 29.8 Å². The van der Waals surface area contributed by atoms with Crippen LogP contribution in [-0.4, -0.2) is 43.7 Å². The van der Waals surface area contributed by atoms with Crippen LogP contribution in [0.4, 0.5) is 5.69 Å². The molecule has 0 aliphatic carbocycles. The number of rotatable bonds is 5. The number of hydrogen-bond donors (Lipinski definition) is 1. The van der Waals surface area contributed by atoms with Crippen molar-refractivity contribution >= 4 is 11.7 Å². The fourth-order valence-corrected chi connectivity index (χ4v) is 2.91. The van der Waals surface area contributed by atoms with Gasteiger partial charge in [0, 0.05) is 18.3 Å². The number of nitrogens with one attached hydrogen (secondary N) is 1. The SMILES string of the molecule is CCOC(=O)c1ccc(NC(C)C2CCCN(C)C2)cc1. The monoisotopic (exact) mass is 290 g/mol. The first-order valence-electron chi connectivity index (χ1n) is 7.82. The third-order valence-corrected chi connectivity index (χ3v) is 4.16. The second kappa shape index (κ2) is 7.46. The number of carbonyl (C=O) groups is 1. The standard InChI is InChI=1S/C17H26N2O2/c1-4-21-17(20)14-7-9-16(10-8-14)18-13(2)15-6-5-11-19(3)12-15/h7-10,13,15,18H,4-6,11-12H2,1-3H3. The zero-order valence-corrected chi connectivity index (χ0v) is 13.3. The minimum Gasteiger partial charge on any atom is -0.462 e. The Hall–Kier alpha value is -1.55. The summed E-state index contributed by atoms with van der Waals surface area (Å²) < 4.78 is 4.99. The third-order valence-electron chi connectivity index (χ3n) is 4.16. The van der Waals surface area contributed by atoms with Crippen molar-refractivity contribution in [3.8, 4) is 0 Å². The Morgan fingerprint density at radius 3 is 2.76 bits per heavy atom. The lowest BCUT2D eigenvalue weighted by Crippen LogP contribution is -2.39. The fraction of sp³-hybridized carbons (Fsp3) is 0.588. The van der Waals surface area contributed by atoms with Gasteiger partial charge in [-0.2, -0.15) is 0 Å². The van der Waals surface area contributed by atoms with Crippen molar-refractivity contribution in [2.24, 2.45) is 5.92 Å². The molecule has 2 atom stereocenters. The second-order valence-electron chi connectivity index (χ2n) is 5.90. The predicted molar refractivity (Wildman–Crippen MR) is 85.7 cm³/mol. The van der Waals surface area contributed by atoms with E-state index >= 15 is 0 Å². The zero-order chi connectivity index (χ0) is 15.2. The quantitative estimate of drug-likeness (QED) is 0.846. The molecule has 0 bridgehead atoms. The van der Waals surface area contributed by atoms with E-state index in [1.54, 1.807) is 0 Å². The molecule has 0 spiro atoms. The Bertz CT molecular complexity index is 458. The molecule has 1 saturated heterocycles. The second-order valence-corrected chi connectivity index (χ2v) is 5.90. The molecule has 0 aromatic heterocycles. The number of benzene rings is 1. The first kappa shape index (κ1) is 15.8. The largest absolute Gasteiger partial charge is 0.462 e. The van der Waals surface area contributed by atoms with Crippen LogP contribution in [0.3, 0.4) is 0 Å². The molecule has 2 rings (SSSR count). The number of hydrogen-bond acceptors (Lipinski definition) is 4. The maximum Gasteiger partial charge on any atom is 0.338 e. The van der Waals surface area contributed by atoms with Crippen LogP contribution in [0.5, 0.6) is 0 Å². The minimum absolute atomic E-state index is 0.258. The van der Waals surface area contributed by atoms with Gasteiger partial charge < -0.3 is 15.0 Å². The molecule has 1 N–H and O–H groups in total. The number of carbonyl (C=O) groups excluding carboxylic acids is 1.